The number of nitrogens with zero attached hydrogens (tertiary/aromatic N) is 2. The molecule has 0 aliphatic rings. The van der Waals surface area contributed by atoms with E-state index in [-0.39, 0.29) is 11.7 Å². The van der Waals surface area contributed by atoms with E-state index in [0.29, 0.717) is 29.3 Å². The fraction of sp³-hybridized carbons (Fsp3) is 0.393. The lowest BCUT2D eigenvalue weighted by Gasteiger charge is -2.17. The van der Waals surface area contributed by atoms with Gasteiger partial charge in [0.1, 0.15) is 17.6 Å². The van der Waals surface area contributed by atoms with Crippen LogP contribution in [0.5, 0.6) is 0 Å². The maximum absolute atomic E-state index is 13.7. The third kappa shape index (κ3) is 10.6. The summed E-state index contributed by atoms with van der Waals surface area (Å²) in [5, 5.41) is 2.88. The summed E-state index contributed by atoms with van der Waals surface area (Å²) < 4.78 is 19.2. The van der Waals surface area contributed by atoms with Gasteiger partial charge in [0.05, 0.1) is 12.8 Å². The lowest BCUT2D eigenvalue weighted by molar-refractivity contribution is -0.117. The molecule has 5 nitrogen and oxygen atoms in total. The standard InChI is InChI=1S/C26H34FN3O2.C2H6/c1-8-11-12-16-22(9-2)29-23(10-3)25(31)28-19(6)26(32-7)30-24(18(4)5)20-14-13-15-21(27)17-20;1-2/h8,10-17,19H,9H2,1-7H3,(H,28,31);1-2H3/b11-8-,16-12-,23-10-,29-22-,30-26?;. The van der Waals surface area contributed by atoms with Crippen LogP contribution >= 0.6 is 0 Å². The number of rotatable bonds is 9. The Morgan fingerprint density at radius 2 is 1.85 bits per heavy atom. The summed E-state index contributed by atoms with van der Waals surface area (Å²) in [6.07, 6.45) is 9.95. The number of allylic oxidation sites excluding steroid dienone is 6. The molecule has 34 heavy (non-hydrogen) atoms. The van der Waals surface area contributed by atoms with E-state index in [1.54, 1.807) is 32.1 Å². The minimum atomic E-state index is -0.524. The van der Waals surface area contributed by atoms with Crippen LogP contribution in [0.3, 0.4) is 0 Å². The van der Waals surface area contributed by atoms with Crippen LogP contribution in [-0.2, 0) is 9.53 Å². The first-order valence-corrected chi connectivity index (χ1v) is 11.7. The topological polar surface area (TPSA) is 63.0 Å². The monoisotopic (exact) mass is 469 g/mol. The molecule has 1 rings (SSSR count). The highest BCUT2D eigenvalue weighted by atomic mass is 19.1. The number of benzene rings is 1. The third-order valence-corrected chi connectivity index (χ3v) is 4.45. The third-order valence-electron chi connectivity index (χ3n) is 4.45. The molecule has 0 fully saturated rings. The molecule has 1 aromatic carbocycles. The van der Waals surface area contributed by atoms with Gasteiger partial charge in [0.25, 0.3) is 5.91 Å². The van der Waals surface area contributed by atoms with Gasteiger partial charge in [0, 0.05) is 11.3 Å². The van der Waals surface area contributed by atoms with Crippen molar-refractivity contribution in [3.8, 4) is 0 Å². The fourth-order valence-electron chi connectivity index (χ4n) is 2.78. The summed E-state index contributed by atoms with van der Waals surface area (Å²) in [4.78, 5) is 21.9. The second kappa shape index (κ2) is 17.2. The van der Waals surface area contributed by atoms with Crippen molar-refractivity contribution in [1.82, 2.24) is 5.32 Å². The van der Waals surface area contributed by atoms with Crippen molar-refractivity contribution in [1.29, 1.82) is 0 Å². The molecule has 6 heteroatoms. The van der Waals surface area contributed by atoms with Crippen LogP contribution in [0.1, 0.15) is 67.4 Å². The Labute approximate surface area is 204 Å². The second-order valence-electron chi connectivity index (χ2n) is 7.22. The number of aliphatic imine (C=N–C) groups is 2. The molecule has 1 aromatic rings. The Morgan fingerprint density at radius 3 is 2.35 bits per heavy atom. The van der Waals surface area contributed by atoms with Gasteiger partial charge in [-0.15, -0.1) is 0 Å². The first-order valence-electron chi connectivity index (χ1n) is 11.7. The van der Waals surface area contributed by atoms with Crippen LogP contribution in [-0.4, -0.2) is 30.7 Å². The molecule has 1 amide bonds. The van der Waals surface area contributed by atoms with Crippen molar-refractivity contribution in [3.63, 3.8) is 0 Å². The normalized spacial score (nSPS) is 13.4. The van der Waals surface area contributed by atoms with Gasteiger partial charge in [-0.05, 0) is 64.8 Å². The molecule has 0 aromatic heterocycles. The molecular formula is C28H40FN3O2. The summed E-state index contributed by atoms with van der Waals surface area (Å²) in [6.45, 7) is 15.2. The molecule has 0 aliphatic heterocycles. The number of ether oxygens (including phenoxy) is 1. The highest BCUT2D eigenvalue weighted by molar-refractivity contribution is 6.02. The zero-order chi connectivity index (χ0) is 26.1. The predicted molar refractivity (Wildman–Crippen MR) is 144 cm³/mol. The van der Waals surface area contributed by atoms with Crippen molar-refractivity contribution in [2.45, 2.75) is 67.9 Å². The first-order chi connectivity index (χ1) is 16.3. The van der Waals surface area contributed by atoms with Crippen molar-refractivity contribution in [2.24, 2.45) is 9.98 Å². The highest BCUT2D eigenvalue weighted by Gasteiger charge is 2.18. The van der Waals surface area contributed by atoms with E-state index in [1.165, 1.54) is 19.2 Å². The van der Waals surface area contributed by atoms with Gasteiger partial charge in [-0.3, -0.25) is 4.79 Å². The molecule has 0 saturated carbocycles. The van der Waals surface area contributed by atoms with Gasteiger partial charge in [-0.2, -0.15) is 0 Å². The van der Waals surface area contributed by atoms with Crippen LogP contribution in [0.25, 0.3) is 5.70 Å². The summed E-state index contributed by atoms with van der Waals surface area (Å²) >= 11 is 0. The molecule has 0 radical (unpaired) electrons. The van der Waals surface area contributed by atoms with Crippen LogP contribution < -0.4 is 5.32 Å². The minimum absolute atomic E-state index is 0.307. The van der Waals surface area contributed by atoms with E-state index in [1.807, 2.05) is 65.8 Å². The van der Waals surface area contributed by atoms with Crippen LogP contribution in [0, 0.1) is 5.82 Å². The molecule has 186 valence electrons. The highest BCUT2D eigenvalue weighted by Crippen LogP contribution is 2.22. The van der Waals surface area contributed by atoms with Gasteiger partial charge in [0.2, 0.25) is 5.90 Å². The molecule has 1 unspecified atom stereocenters. The van der Waals surface area contributed by atoms with E-state index in [0.717, 1.165) is 11.3 Å². The Morgan fingerprint density at radius 1 is 1.18 bits per heavy atom. The number of nitrogens with one attached hydrogen (secondary N) is 1. The average molecular weight is 470 g/mol. The summed E-state index contributed by atoms with van der Waals surface area (Å²) in [6, 6.07) is 5.69. The van der Waals surface area contributed by atoms with E-state index in [4.69, 9.17) is 4.74 Å². The first kappa shape index (κ1) is 30.7. The molecular weight excluding hydrogens is 429 g/mol. The fourth-order valence-corrected chi connectivity index (χ4v) is 2.78. The predicted octanol–water partition coefficient (Wildman–Crippen LogP) is 7.04. The van der Waals surface area contributed by atoms with Crippen molar-refractivity contribution in [2.75, 3.05) is 7.11 Å². The smallest absolute Gasteiger partial charge is 0.270 e. The molecule has 1 N–H and O–H groups in total. The summed E-state index contributed by atoms with van der Waals surface area (Å²) in [5.41, 5.74) is 3.22. The quantitative estimate of drug-likeness (QED) is 0.182. The number of methoxy groups -OCH3 is 1. The van der Waals surface area contributed by atoms with Gasteiger partial charge in [0.15, 0.2) is 0 Å². The number of halogens is 1. The minimum Gasteiger partial charge on any atom is -0.483 e. The Kier molecular flexibility index (Phi) is 15.6. The molecule has 0 spiro atoms. The Hall–Kier alpha value is -3.28. The zero-order valence-electron chi connectivity index (χ0n) is 22.1. The van der Waals surface area contributed by atoms with E-state index in [2.05, 4.69) is 15.3 Å². The SMILES string of the molecule is CC.C\C=C/C=C\C(CC)=N/C(=C\C)C(=O)NC(C)C(=NC(=C(C)C)c1cccc(F)c1)OC. The lowest BCUT2D eigenvalue weighted by atomic mass is 10.1. The number of hydrogen-bond acceptors (Lipinski definition) is 4. The molecule has 0 aliphatic carbocycles. The maximum Gasteiger partial charge on any atom is 0.270 e. The Bertz CT molecular complexity index is 966. The van der Waals surface area contributed by atoms with Gasteiger partial charge in [-0.25, -0.2) is 14.4 Å². The van der Waals surface area contributed by atoms with E-state index >= 15 is 0 Å². The van der Waals surface area contributed by atoms with Gasteiger partial charge >= 0.3 is 0 Å². The van der Waals surface area contributed by atoms with Crippen molar-refractivity contribution < 1.29 is 13.9 Å². The number of carbonyl (C=O) groups is 1. The summed E-state index contributed by atoms with van der Waals surface area (Å²) in [7, 11) is 1.49. The molecule has 0 bridgehead atoms. The van der Waals surface area contributed by atoms with Crippen molar-refractivity contribution >= 4 is 23.2 Å². The lowest BCUT2D eigenvalue weighted by Crippen LogP contribution is -2.40. The molecule has 1 atom stereocenters. The maximum atomic E-state index is 13.7. The largest absolute Gasteiger partial charge is 0.483 e. The van der Waals surface area contributed by atoms with Crippen molar-refractivity contribution in [3.05, 3.63) is 77.3 Å². The molecule has 0 heterocycles. The van der Waals surface area contributed by atoms with Gasteiger partial charge < -0.3 is 10.1 Å². The summed E-state index contributed by atoms with van der Waals surface area (Å²) in [5.74, 6) is -0.371. The van der Waals surface area contributed by atoms with Gasteiger partial charge in [-0.1, -0.05) is 57.2 Å². The number of hydrogen-bond donors (Lipinski definition) is 1. The van der Waals surface area contributed by atoms with Crippen LogP contribution in [0.4, 0.5) is 4.39 Å². The van der Waals surface area contributed by atoms with E-state index < -0.39 is 6.04 Å². The van der Waals surface area contributed by atoms with Crippen LogP contribution in [0.15, 0.2) is 75.9 Å². The Balaban J connectivity index is 0.00000529. The zero-order valence-corrected chi connectivity index (χ0v) is 22.1. The molecule has 0 saturated heterocycles. The van der Waals surface area contributed by atoms with E-state index in [9.17, 15) is 9.18 Å². The average Bonchev–Trinajstić information content (AvgIpc) is 2.82. The number of carbonyl (C=O) groups excluding carboxylic acids is 1. The van der Waals surface area contributed by atoms with Crippen LogP contribution in [0.2, 0.25) is 0 Å². The second-order valence-corrected chi connectivity index (χ2v) is 7.22. The number of amides is 1.